The van der Waals surface area contributed by atoms with Gasteiger partial charge in [0, 0.05) is 5.69 Å². The van der Waals surface area contributed by atoms with Crippen molar-refractivity contribution in [1.29, 1.82) is 0 Å². The van der Waals surface area contributed by atoms with Crippen molar-refractivity contribution in [3.63, 3.8) is 0 Å². The maximum absolute atomic E-state index is 12.5. The van der Waals surface area contributed by atoms with Crippen LogP contribution in [0.15, 0.2) is 21.6 Å². The number of rotatable bonds is 2. The number of carbonyl (C=O) groups is 1. The Morgan fingerprint density at radius 1 is 1.39 bits per heavy atom. The average Bonchev–Trinajstić information content (AvgIpc) is 2.93. The molecule has 23 heavy (non-hydrogen) atoms. The first-order chi connectivity index (χ1) is 11.2. The Labute approximate surface area is 130 Å². The first-order valence-corrected chi connectivity index (χ1v) is 7.54. The molecule has 0 spiro atoms. The maximum atomic E-state index is 12.5. The van der Waals surface area contributed by atoms with E-state index < -0.39 is 11.5 Å². The summed E-state index contributed by atoms with van der Waals surface area (Å²) < 4.78 is 11.4. The average molecular weight is 313 g/mol. The minimum absolute atomic E-state index is 0.126. The topological polar surface area (TPSA) is 87.2 Å². The molecule has 0 saturated carbocycles. The van der Waals surface area contributed by atoms with E-state index in [4.69, 9.17) is 4.42 Å². The van der Waals surface area contributed by atoms with Gasteiger partial charge in [0.25, 0.3) is 5.56 Å². The number of nitrogens with zero attached hydrogens (tertiary/aromatic N) is 3. The zero-order valence-electron chi connectivity index (χ0n) is 12.7. The highest BCUT2D eigenvalue weighted by Crippen LogP contribution is 2.28. The summed E-state index contributed by atoms with van der Waals surface area (Å²) in [5, 5.41) is 0.753. The van der Waals surface area contributed by atoms with Crippen LogP contribution in [0, 0.1) is 0 Å². The van der Waals surface area contributed by atoms with Gasteiger partial charge in [0.05, 0.1) is 18.8 Å². The number of carbonyl (C=O) groups excluding carboxylic acids is 1. The van der Waals surface area contributed by atoms with Crippen LogP contribution in [-0.4, -0.2) is 27.6 Å². The van der Waals surface area contributed by atoms with Crippen LogP contribution >= 0.6 is 0 Å². The van der Waals surface area contributed by atoms with Crippen molar-refractivity contribution in [3.8, 4) is 0 Å². The Balaban J connectivity index is 1.92. The zero-order chi connectivity index (χ0) is 16.0. The summed E-state index contributed by atoms with van der Waals surface area (Å²) in [5.41, 5.74) is 2.88. The van der Waals surface area contributed by atoms with Crippen LogP contribution in [0.4, 0.5) is 0 Å². The normalized spacial score (nSPS) is 14.1. The summed E-state index contributed by atoms with van der Waals surface area (Å²) in [6.07, 6.45) is 5.54. The molecule has 0 aromatic carbocycles. The fraction of sp³-hybridized carbons (Fsp3) is 0.375. The SMILES string of the molecule is COC(=O)Cn1cnc2c(oc3nc4c(cc32)CCCC4)c1=O. The van der Waals surface area contributed by atoms with E-state index in [1.54, 1.807) is 0 Å². The first-order valence-electron chi connectivity index (χ1n) is 7.54. The zero-order valence-corrected chi connectivity index (χ0v) is 12.7. The lowest BCUT2D eigenvalue weighted by Crippen LogP contribution is -2.24. The minimum atomic E-state index is -0.516. The molecule has 118 valence electrons. The van der Waals surface area contributed by atoms with Crippen molar-refractivity contribution in [1.82, 2.24) is 14.5 Å². The van der Waals surface area contributed by atoms with E-state index in [-0.39, 0.29) is 12.1 Å². The van der Waals surface area contributed by atoms with Crippen LogP contribution in [0.3, 0.4) is 0 Å². The van der Waals surface area contributed by atoms with E-state index >= 15 is 0 Å². The van der Waals surface area contributed by atoms with Gasteiger partial charge in [0.15, 0.2) is 0 Å². The summed E-state index contributed by atoms with van der Waals surface area (Å²) in [5.74, 6) is -0.516. The van der Waals surface area contributed by atoms with Crippen LogP contribution in [0.25, 0.3) is 22.2 Å². The number of pyridine rings is 1. The molecule has 0 aliphatic heterocycles. The van der Waals surface area contributed by atoms with E-state index in [0.717, 1.165) is 36.8 Å². The Kier molecular flexibility index (Phi) is 3.14. The molecule has 0 fully saturated rings. The summed E-state index contributed by atoms with van der Waals surface area (Å²) >= 11 is 0. The van der Waals surface area contributed by atoms with Crippen molar-refractivity contribution < 1.29 is 13.9 Å². The van der Waals surface area contributed by atoms with Crippen molar-refractivity contribution in [2.75, 3.05) is 7.11 Å². The highest BCUT2D eigenvalue weighted by molar-refractivity contribution is 6.00. The van der Waals surface area contributed by atoms with Gasteiger partial charge >= 0.3 is 5.97 Å². The monoisotopic (exact) mass is 313 g/mol. The van der Waals surface area contributed by atoms with E-state index in [1.165, 1.54) is 23.6 Å². The Morgan fingerprint density at radius 3 is 3.04 bits per heavy atom. The van der Waals surface area contributed by atoms with Crippen LogP contribution in [0.1, 0.15) is 24.1 Å². The maximum Gasteiger partial charge on any atom is 0.325 e. The molecule has 7 heteroatoms. The summed E-state index contributed by atoms with van der Waals surface area (Å²) in [6.45, 7) is -0.195. The van der Waals surface area contributed by atoms with E-state index in [9.17, 15) is 9.59 Å². The number of methoxy groups -OCH3 is 1. The molecule has 7 nitrogen and oxygen atoms in total. The van der Waals surface area contributed by atoms with Crippen LogP contribution in [0.2, 0.25) is 0 Å². The number of fused-ring (bicyclic) bond motifs is 4. The largest absolute Gasteiger partial charge is 0.468 e. The fourth-order valence-corrected chi connectivity index (χ4v) is 3.03. The first kappa shape index (κ1) is 13.9. The van der Waals surface area contributed by atoms with Crippen molar-refractivity contribution in [2.24, 2.45) is 0 Å². The van der Waals surface area contributed by atoms with Gasteiger partial charge in [-0.25, -0.2) is 9.97 Å². The number of aryl methyl sites for hydroxylation is 2. The molecular weight excluding hydrogens is 298 g/mol. The summed E-state index contributed by atoms with van der Waals surface area (Å²) in [6, 6.07) is 2.03. The molecular formula is C16H15N3O4. The molecule has 0 atom stereocenters. The van der Waals surface area contributed by atoms with Gasteiger partial charge in [-0.3, -0.25) is 14.2 Å². The van der Waals surface area contributed by atoms with E-state index in [1.807, 2.05) is 6.07 Å². The molecule has 0 amide bonds. The minimum Gasteiger partial charge on any atom is -0.468 e. The second-order valence-corrected chi connectivity index (χ2v) is 5.69. The highest BCUT2D eigenvalue weighted by Gasteiger charge is 2.19. The molecule has 0 radical (unpaired) electrons. The third-order valence-corrected chi connectivity index (χ3v) is 4.24. The van der Waals surface area contributed by atoms with Gasteiger partial charge in [-0.1, -0.05) is 0 Å². The fourth-order valence-electron chi connectivity index (χ4n) is 3.03. The Hall–Kier alpha value is -2.70. The van der Waals surface area contributed by atoms with Gasteiger partial charge in [0.2, 0.25) is 11.3 Å². The number of hydrogen-bond donors (Lipinski definition) is 0. The van der Waals surface area contributed by atoms with Crippen LogP contribution in [0.5, 0.6) is 0 Å². The number of furan rings is 1. The van der Waals surface area contributed by atoms with Crippen LogP contribution < -0.4 is 5.56 Å². The van der Waals surface area contributed by atoms with Crippen molar-refractivity contribution in [3.05, 3.63) is 34.0 Å². The molecule has 4 rings (SSSR count). The molecule has 0 N–H and O–H groups in total. The molecule has 3 heterocycles. The lowest BCUT2D eigenvalue weighted by Gasteiger charge is -2.13. The standard InChI is InChI=1S/C16H15N3O4/c1-22-12(20)7-19-8-17-13-10-6-9-4-2-3-5-11(9)18-15(10)23-14(13)16(19)21/h6,8H,2-5,7H2,1H3. The second kappa shape index (κ2) is 5.19. The third-order valence-electron chi connectivity index (χ3n) is 4.24. The lowest BCUT2D eigenvalue weighted by atomic mass is 9.95. The number of hydrogen-bond acceptors (Lipinski definition) is 6. The Morgan fingerprint density at radius 2 is 2.22 bits per heavy atom. The predicted molar refractivity (Wildman–Crippen MR) is 82.2 cm³/mol. The molecule has 3 aromatic heterocycles. The molecule has 3 aromatic rings. The van der Waals surface area contributed by atoms with Gasteiger partial charge in [0.1, 0.15) is 12.1 Å². The Bertz CT molecular complexity index is 986. The molecule has 1 aliphatic carbocycles. The van der Waals surface area contributed by atoms with E-state index in [0.29, 0.717) is 11.2 Å². The second-order valence-electron chi connectivity index (χ2n) is 5.69. The quantitative estimate of drug-likeness (QED) is 0.668. The predicted octanol–water partition coefficient (Wildman–Crippen LogP) is 1.59. The molecule has 1 aliphatic rings. The van der Waals surface area contributed by atoms with Crippen molar-refractivity contribution in [2.45, 2.75) is 32.2 Å². The number of ether oxygens (including phenoxy) is 1. The van der Waals surface area contributed by atoms with Crippen molar-refractivity contribution >= 4 is 28.2 Å². The number of esters is 1. The number of aromatic nitrogens is 3. The molecule has 0 unspecified atom stereocenters. The van der Waals surface area contributed by atoms with Gasteiger partial charge in [-0.15, -0.1) is 0 Å². The highest BCUT2D eigenvalue weighted by atomic mass is 16.5. The smallest absolute Gasteiger partial charge is 0.325 e. The lowest BCUT2D eigenvalue weighted by molar-refractivity contribution is -0.141. The van der Waals surface area contributed by atoms with Gasteiger partial charge < -0.3 is 9.15 Å². The molecule has 0 saturated heterocycles. The molecule has 0 bridgehead atoms. The third kappa shape index (κ3) is 2.19. The van der Waals surface area contributed by atoms with Crippen LogP contribution in [-0.2, 0) is 28.9 Å². The van der Waals surface area contributed by atoms with E-state index in [2.05, 4.69) is 14.7 Å². The summed E-state index contributed by atoms with van der Waals surface area (Å²) in [4.78, 5) is 32.7. The van der Waals surface area contributed by atoms with Gasteiger partial charge in [-0.2, -0.15) is 0 Å². The van der Waals surface area contributed by atoms with Gasteiger partial charge in [-0.05, 0) is 37.3 Å². The summed E-state index contributed by atoms with van der Waals surface area (Å²) in [7, 11) is 1.27.